The van der Waals surface area contributed by atoms with Gasteiger partial charge in [0.1, 0.15) is 39.3 Å². The Hall–Kier alpha value is -0.610. The van der Waals surface area contributed by atoms with Crippen molar-refractivity contribution in [1.29, 1.82) is 0 Å². The number of hydrogen-bond donors (Lipinski definition) is 2. The van der Waals surface area contributed by atoms with Gasteiger partial charge < -0.3 is 8.97 Å². The topological polar surface area (TPSA) is 40.0 Å². The van der Waals surface area contributed by atoms with E-state index in [0.717, 1.165) is 0 Å². The van der Waals surface area contributed by atoms with Crippen LogP contribution in [-0.4, -0.2) is 74.2 Å². The number of nitrogens with two attached hydrogens (primary N) is 1. The zero-order chi connectivity index (χ0) is 11.6. The fourth-order valence-electron chi connectivity index (χ4n) is 3.08. The van der Waals surface area contributed by atoms with Crippen molar-refractivity contribution in [2.24, 2.45) is 5.73 Å². The van der Waals surface area contributed by atoms with Crippen LogP contribution in [0.25, 0.3) is 0 Å². The Morgan fingerprint density at radius 1 is 1.19 bits per heavy atom. The summed E-state index contributed by atoms with van der Waals surface area (Å²) in [6.45, 7) is 11.8. The fourth-order valence-corrected chi connectivity index (χ4v) is 3.08. The quantitative estimate of drug-likeness (QED) is 0.329. The average Bonchev–Trinajstić information content (AvgIpc) is 2.29. The molecule has 0 spiro atoms. The molecule has 2 bridgehead atoms. The number of nitrogens with zero attached hydrogens (tertiary/aromatic N) is 2. The number of likely N-dealkylation sites (N-methyl/N-ethyl adjacent to an activating group) is 1. The summed E-state index contributed by atoms with van der Waals surface area (Å²) in [6, 6.07) is 0.516. The number of fused-ring (bicyclic) bond motifs is 3. The van der Waals surface area contributed by atoms with Crippen molar-refractivity contribution in [3.8, 4) is 0 Å². The summed E-state index contributed by atoms with van der Waals surface area (Å²) in [5.41, 5.74) is 5.39. The van der Waals surface area contributed by atoms with Crippen molar-refractivity contribution in [1.82, 2.24) is 0 Å². The van der Waals surface area contributed by atoms with Crippen molar-refractivity contribution < 1.29 is 14.0 Å². The second-order valence-corrected chi connectivity index (χ2v) is 6.05. The minimum atomic E-state index is 0.516. The lowest BCUT2D eigenvalue weighted by Crippen LogP contribution is -2.78. The molecule has 3 saturated heterocycles. The molecule has 0 aromatic heterocycles. The first-order valence-corrected chi connectivity index (χ1v) is 6.56. The molecule has 3 heterocycles. The highest BCUT2D eigenvalue weighted by molar-refractivity contribution is 5.43. The summed E-state index contributed by atoms with van der Waals surface area (Å²) in [5, 5.41) is 0. The molecule has 0 aromatic rings. The Morgan fingerprint density at radius 2 is 1.75 bits per heavy atom. The van der Waals surface area contributed by atoms with E-state index < -0.39 is 0 Å². The van der Waals surface area contributed by atoms with Gasteiger partial charge in [0.05, 0.1) is 19.6 Å². The number of quaternary nitrogens is 2. The highest BCUT2D eigenvalue weighted by atomic mass is 15.5. The zero-order valence-corrected chi connectivity index (χ0v) is 10.8. The standard InChI is InChI=1S/C12H26N4/c1-12(14-11-13)3-4-16-8-5-15(2,6-9-16)7-10-16/h11-12H,3-10H2,1-2H3,(H2,13,14)/q+2/p+1/t12-,15?,16?/m0/s1. The molecule has 4 heteroatoms. The Balaban J connectivity index is 1.86. The van der Waals surface area contributed by atoms with E-state index in [1.165, 1.54) is 61.2 Å². The Morgan fingerprint density at radius 3 is 2.25 bits per heavy atom. The van der Waals surface area contributed by atoms with Gasteiger partial charge in [0.15, 0.2) is 0 Å². The van der Waals surface area contributed by atoms with Crippen LogP contribution in [0.4, 0.5) is 0 Å². The molecule has 3 fully saturated rings. The lowest BCUT2D eigenvalue weighted by molar-refractivity contribution is -1.07. The molecule has 3 aliphatic rings. The number of rotatable bonds is 4. The van der Waals surface area contributed by atoms with Gasteiger partial charge in [-0.1, -0.05) is 0 Å². The maximum absolute atomic E-state index is 5.39. The smallest absolute Gasteiger partial charge is 0.227 e. The molecule has 3 aliphatic heterocycles. The van der Waals surface area contributed by atoms with E-state index in [0.29, 0.717) is 6.04 Å². The summed E-state index contributed by atoms with van der Waals surface area (Å²) in [6.07, 6.45) is 2.81. The number of piperazine rings is 3. The largest absolute Gasteiger partial charge is 0.312 e. The monoisotopic (exact) mass is 227 g/mol. The summed E-state index contributed by atoms with van der Waals surface area (Å²) >= 11 is 0. The van der Waals surface area contributed by atoms with Gasteiger partial charge in [0, 0.05) is 6.42 Å². The van der Waals surface area contributed by atoms with E-state index in [9.17, 15) is 0 Å². The summed E-state index contributed by atoms with van der Waals surface area (Å²) in [7, 11) is 2.42. The van der Waals surface area contributed by atoms with Crippen LogP contribution in [-0.2, 0) is 0 Å². The molecular formula is C12H27N4+3. The molecule has 3 rings (SSSR count). The molecule has 0 unspecified atom stereocenters. The van der Waals surface area contributed by atoms with Crippen LogP contribution < -0.4 is 10.7 Å². The first-order chi connectivity index (χ1) is 7.58. The Bertz CT molecular complexity index is 250. The molecule has 92 valence electrons. The van der Waals surface area contributed by atoms with Gasteiger partial charge in [0.2, 0.25) is 6.34 Å². The van der Waals surface area contributed by atoms with Gasteiger partial charge >= 0.3 is 0 Å². The van der Waals surface area contributed by atoms with E-state index in [-0.39, 0.29) is 0 Å². The minimum absolute atomic E-state index is 0.516. The van der Waals surface area contributed by atoms with Crippen molar-refractivity contribution >= 4 is 6.34 Å². The molecule has 16 heavy (non-hydrogen) atoms. The number of hydrogen-bond acceptors (Lipinski definition) is 0. The van der Waals surface area contributed by atoms with E-state index in [2.05, 4.69) is 19.0 Å². The normalized spacial score (nSPS) is 40.4. The first kappa shape index (κ1) is 11.9. The minimum Gasteiger partial charge on any atom is -0.312 e. The van der Waals surface area contributed by atoms with Crippen molar-refractivity contribution in [3.63, 3.8) is 0 Å². The van der Waals surface area contributed by atoms with Gasteiger partial charge in [0.25, 0.3) is 0 Å². The third-order valence-corrected chi connectivity index (χ3v) is 4.76. The SMILES string of the molecule is C[C@@H](CC[N+]12CC[N+](C)(CC1)CC2)[NH+]=CN. The summed E-state index contributed by atoms with van der Waals surface area (Å²) < 4.78 is 2.69. The highest BCUT2D eigenvalue weighted by Crippen LogP contribution is 2.24. The fraction of sp³-hybridized carbons (Fsp3) is 0.917. The van der Waals surface area contributed by atoms with Crippen LogP contribution >= 0.6 is 0 Å². The second kappa shape index (κ2) is 4.34. The molecule has 3 N–H and O–H groups in total. The first-order valence-electron chi connectivity index (χ1n) is 6.56. The molecular weight excluding hydrogens is 200 g/mol. The van der Waals surface area contributed by atoms with Gasteiger partial charge in [-0.3, -0.25) is 10.7 Å². The number of nitrogens with one attached hydrogen (secondary N) is 1. The van der Waals surface area contributed by atoms with Crippen LogP contribution in [0.3, 0.4) is 0 Å². The average molecular weight is 227 g/mol. The molecule has 0 amide bonds. The van der Waals surface area contributed by atoms with E-state index >= 15 is 0 Å². The van der Waals surface area contributed by atoms with Crippen LogP contribution in [0.15, 0.2) is 0 Å². The maximum atomic E-state index is 5.39. The van der Waals surface area contributed by atoms with Crippen LogP contribution in [0.5, 0.6) is 0 Å². The third-order valence-electron chi connectivity index (χ3n) is 4.76. The van der Waals surface area contributed by atoms with Crippen molar-refractivity contribution in [2.45, 2.75) is 19.4 Å². The predicted octanol–water partition coefficient (Wildman–Crippen LogP) is -1.88. The van der Waals surface area contributed by atoms with Gasteiger partial charge in [-0.05, 0) is 6.92 Å². The van der Waals surface area contributed by atoms with Crippen LogP contribution in [0.2, 0.25) is 0 Å². The summed E-state index contributed by atoms with van der Waals surface area (Å²) in [4.78, 5) is 3.19. The molecule has 1 atom stereocenters. The van der Waals surface area contributed by atoms with Gasteiger partial charge in [-0.25, -0.2) is 0 Å². The zero-order valence-electron chi connectivity index (χ0n) is 10.8. The Labute approximate surface area is 98.9 Å². The highest BCUT2D eigenvalue weighted by Gasteiger charge is 2.46. The predicted molar refractivity (Wildman–Crippen MR) is 65.8 cm³/mol. The van der Waals surface area contributed by atoms with Crippen LogP contribution in [0.1, 0.15) is 13.3 Å². The van der Waals surface area contributed by atoms with Crippen molar-refractivity contribution in [3.05, 3.63) is 0 Å². The van der Waals surface area contributed by atoms with Gasteiger partial charge in [-0.15, -0.1) is 0 Å². The van der Waals surface area contributed by atoms with Gasteiger partial charge in [-0.2, -0.15) is 0 Å². The molecule has 0 radical (unpaired) electrons. The van der Waals surface area contributed by atoms with Crippen LogP contribution in [0, 0.1) is 0 Å². The van der Waals surface area contributed by atoms with Crippen molar-refractivity contribution in [2.75, 3.05) is 52.9 Å². The lowest BCUT2D eigenvalue weighted by atomic mass is 10.1. The third kappa shape index (κ3) is 2.38. The summed E-state index contributed by atoms with van der Waals surface area (Å²) in [5.74, 6) is 0. The van der Waals surface area contributed by atoms with E-state index in [1.54, 1.807) is 6.34 Å². The maximum Gasteiger partial charge on any atom is 0.227 e. The molecule has 0 aliphatic carbocycles. The Kier molecular flexibility index (Phi) is 3.22. The van der Waals surface area contributed by atoms with E-state index in [1.807, 2.05) is 0 Å². The van der Waals surface area contributed by atoms with E-state index in [4.69, 9.17) is 5.73 Å². The molecule has 4 nitrogen and oxygen atoms in total. The second-order valence-electron chi connectivity index (χ2n) is 6.05. The molecule has 0 aromatic carbocycles. The molecule has 0 saturated carbocycles. The lowest BCUT2D eigenvalue weighted by Gasteiger charge is -2.54.